The smallest absolute Gasteiger partial charge is 0.170 e. The van der Waals surface area contributed by atoms with E-state index in [0.29, 0.717) is 0 Å². The first-order valence-corrected chi connectivity index (χ1v) is 7.38. The Hall–Kier alpha value is -1.27. The van der Waals surface area contributed by atoms with E-state index in [9.17, 15) is 0 Å². The topological polar surface area (TPSA) is 46.8 Å². The highest BCUT2D eigenvalue weighted by atomic mass is 79.9. The van der Waals surface area contributed by atoms with Crippen molar-refractivity contribution in [2.24, 2.45) is 0 Å². The molecule has 0 unspecified atom stereocenters. The van der Waals surface area contributed by atoms with E-state index in [2.05, 4.69) is 36.4 Å². The Balaban J connectivity index is 1.84. The van der Waals surface area contributed by atoms with E-state index in [1.54, 1.807) is 0 Å². The van der Waals surface area contributed by atoms with Gasteiger partial charge in [0.15, 0.2) is 5.82 Å². The molecule has 2 heterocycles. The summed E-state index contributed by atoms with van der Waals surface area (Å²) in [6.07, 6.45) is 3.89. The molecule has 0 atom stereocenters. The molecule has 0 N–H and O–H groups in total. The molecule has 0 saturated carbocycles. The highest BCUT2D eigenvalue weighted by Crippen LogP contribution is 2.21. The van der Waals surface area contributed by atoms with E-state index in [0.717, 1.165) is 35.6 Å². The van der Waals surface area contributed by atoms with Crippen molar-refractivity contribution in [1.82, 2.24) is 25.1 Å². The third-order valence-corrected chi connectivity index (χ3v) is 4.10. The molecule has 1 aromatic heterocycles. The molecule has 2 aromatic rings. The second-order valence-electron chi connectivity index (χ2n) is 4.80. The third-order valence-electron chi connectivity index (χ3n) is 3.43. The zero-order valence-corrected chi connectivity index (χ0v) is 12.3. The van der Waals surface area contributed by atoms with Crippen LogP contribution in [0.25, 0.3) is 5.69 Å². The maximum atomic E-state index is 4.17. The summed E-state index contributed by atoms with van der Waals surface area (Å²) < 4.78 is 2.82. The first-order chi connectivity index (χ1) is 9.34. The third kappa shape index (κ3) is 2.84. The van der Waals surface area contributed by atoms with Crippen molar-refractivity contribution in [2.45, 2.75) is 25.8 Å². The van der Waals surface area contributed by atoms with Gasteiger partial charge in [0.1, 0.15) is 0 Å². The first-order valence-electron chi connectivity index (χ1n) is 6.59. The van der Waals surface area contributed by atoms with Crippen LogP contribution in [0.1, 0.15) is 25.1 Å². The summed E-state index contributed by atoms with van der Waals surface area (Å²) in [5.74, 6) is 0.897. The molecular weight excluding hydrogens is 306 g/mol. The van der Waals surface area contributed by atoms with Gasteiger partial charge in [-0.2, -0.15) is 4.68 Å². The van der Waals surface area contributed by atoms with Gasteiger partial charge in [-0.05, 0) is 64.4 Å². The average Bonchev–Trinajstić information content (AvgIpc) is 2.88. The summed E-state index contributed by atoms with van der Waals surface area (Å²) in [5.41, 5.74) is 0.986. The molecule has 1 aromatic carbocycles. The van der Waals surface area contributed by atoms with Crippen LogP contribution in [-0.2, 0) is 6.54 Å². The van der Waals surface area contributed by atoms with Gasteiger partial charge in [0.2, 0.25) is 0 Å². The highest BCUT2D eigenvalue weighted by molar-refractivity contribution is 9.10. The lowest BCUT2D eigenvalue weighted by Gasteiger charge is -2.25. The minimum absolute atomic E-state index is 0.814. The van der Waals surface area contributed by atoms with E-state index in [4.69, 9.17) is 0 Å². The number of nitrogens with zero attached hydrogens (tertiary/aromatic N) is 5. The summed E-state index contributed by atoms with van der Waals surface area (Å²) >= 11 is 3.55. The Kier molecular flexibility index (Phi) is 3.89. The fourth-order valence-electron chi connectivity index (χ4n) is 2.43. The Morgan fingerprint density at radius 2 is 1.89 bits per heavy atom. The van der Waals surface area contributed by atoms with Gasteiger partial charge >= 0.3 is 0 Å². The quantitative estimate of drug-likeness (QED) is 0.871. The van der Waals surface area contributed by atoms with Gasteiger partial charge in [-0.3, -0.25) is 4.90 Å². The van der Waals surface area contributed by atoms with E-state index in [1.807, 2.05) is 28.9 Å². The minimum atomic E-state index is 0.814. The lowest BCUT2D eigenvalue weighted by Crippen LogP contribution is -2.30. The number of para-hydroxylation sites is 1. The van der Waals surface area contributed by atoms with Crippen LogP contribution in [0.15, 0.2) is 28.7 Å². The largest absolute Gasteiger partial charge is 0.296 e. The molecular formula is C13H16BrN5. The number of hydrogen-bond acceptors (Lipinski definition) is 4. The van der Waals surface area contributed by atoms with Crippen molar-refractivity contribution in [3.05, 3.63) is 34.6 Å². The summed E-state index contributed by atoms with van der Waals surface area (Å²) in [6.45, 7) is 3.10. The summed E-state index contributed by atoms with van der Waals surface area (Å²) in [6, 6.07) is 8.00. The molecule has 0 bridgehead atoms. The molecule has 1 fully saturated rings. The van der Waals surface area contributed by atoms with Gasteiger partial charge in [0.25, 0.3) is 0 Å². The number of tetrazole rings is 1. The van der Waals surface area contributed by atoms with Gasteiger partial charge in [-0.25, -0.2) is 0 Å². The fourth-order valence-corrected chi connectivity index (χ4v) is 2.89. The zero-order valence-electron chi connectivity index (χ0n) is 10.7. The molecule has 1 aliphatic heterocycles. The average molecular weight is 322 g/mol. The van der Waals surface area contributed by atoms with Gasteiger partial charge in [-0.1, -0.05) is 18.6 Å². The van der Waals surface area contributed by atoms with Crippen LogP contribution in [0.3, 0.4) is 0 Å². The summed E-state index contributed by atoms with van der Waals surface area (Å²) in [5, 5.41) is 12.1. The Labute approximate surface area is 120 Å². The standard InChI is InChI=1S/C13H16BrN5/c14-11-6-2-3-7-12(11)19-13(15-16-17-19)10-18-8-4-1-5-9-18/h2-3,6-7H,1,4-5,8-10H2. The zero-order chi connectivity index (χ0) is 13.1. The van der Waals surface area contributed by atoms with Gasteiger partial charge in [0.05, 0.1) is 12.2 Å². The molecule has 5 nitrogen and oxygen atoms in total. The Morgan fingerprint density at radius 1 is 1.11 bits per heavy atom. The number of hydrogen-bond donors (Lipinski definition) is 0. The van der Waals surface area contributed by atoms with E-state index >= 15 is 0 Å². The first kappa shape index (κ1) is 12.7. The number of rotatable bonds is 3. The number of benzene rings is 1. The van der Waals surface area contributed by atoms with Gasteiger partial charge in [0, 0.05) is 4.47 Å². The van der Waals surface area contributed by atoms with Crippen LogP contribution in [0.2, 0.25) is 0 Å². The van der Waals surface area contributed by atoms with Crippen molar-refractivity contribution in [1.29, 1.82) is 0 Å². The molecule has 100 valence electrons. The summed E-state index contributed by atoms with van der Waals surface area (Å²) in [7, 11) is 0. The van der Waals surface area contributed by atoms with Crippen LogP contribution in [0.5, 0.6) is 0 Å². The minimum Gasteiger partial charge on any atom is -0.296 e. The molecule has 0 radical (unpaired) electrons. The molecule has 6 heteroatoms. The van der Waals surface area contributed by atoms with Crippen LogP contribution in [0, 0.1) is 0 Å². The monoisotopic (exact) mass is 321 g/mol. The van der Waals surface area contributed by atoms with E-state index < -0.39 is 0 Å². The van der Waals surface area contributed by atoms with Crippen LogP contribution in [0.4, 0.5) is 0 Å². The van der Waals surface area contributed by atoms with Crippen molar-refractivity contribution in [3.8, 4) is 5.69 Å². The second-order valence-corrected chi connectivity index (χ2v) is 5.65. The normalized spacial score (nSPS) is 16.7. The van der Waals surface area contributed by atoms with Crippen molar-refractivity contribution < 1.29 is 0 Å². The van der Waals surface area contributed by atoms with E-state index in [-0.39, 0.29) is 0 Å². The maximum absolute atomic E-state index is 4.17. The molecule has 1 saturated heterocycles. The molecule has 3 rings (SSSR count). The predicted octanol–water partition coefficient (Wildman–Crippen LogP) is 2.41. The van der Waals surface area contributed by atoms with Crippen LogP contribution >= 0.6 is 15.9 Å². The van der Waals surface area contributed by atoms with Gasteiger partial charge in [-0.15, -0.1) is 5.10 Å². The molecule has 0 spiro atoms. The number of piperidine rings is 1. The second kappa shape index (κ2) is 5.79. The molecule has 19 heavy (non-hydrogen) atoms. The fraction of sp³-hybridized carbons (Fsp3) is 0.462. The van der Waals surface area contributed by atoms with Crippen molar-refractivity contribution in [2.75, 3.05) is 13.1 Å². The summed E-state index contributed by atoms with van der Waals surface area (Å²) in [4.78, 5) is 2.42. The lowest BCUT2D eigenvalue weighted by molar-refractivity contribution is 0.214. The van der Waals surface area contributed by atoms with Crippen molar-refractivity contribution in [3.63, 3.8) is 0 Å². The number of aromatic nitrogens is 4. The van der Waals surface area contributed by atoms with Crippen molar-refractivity contribution >= 4 is 15.9 Å². The van der Waals surface area contributed by atoms with Gasteiger partial charge < -0.3 is 0 Å². The number of halogens is 1. The molecule has 0 aliphatic carbocycles. The molecule has 0 amide bonds. The lowest BCUT2D eigenvalue weighted by atomic mass is 10.1. The van der Waals surface area contributed by atoms with Crippen LogP contribution in [-0.4, -0.2) is 38.2 Å². The van der Waals surface area contributed by atoms with E-state index in [1.165, 1.54) is 19.3 Å². The Morgan fingerprint density at radius 3 is 2.68 bits per heavy atom. The Bertz CT molecular complexity index is 547. The molecule has 1 aliphatic rings. The highest BCUT2D eigenvalue weighted by Gasteiger charge is 2.16. The van der Waals surface area contributed by atoms with Crippen LogP contribution < -0.4 is 0 Å². The predicted molar refractivity (Wildman–Crippen MR) is 76.0 cm³/mol. The SMILES string of the molecule is Brc1ccccc1-n1nnnc1CN1CCCCC1. The maximum Gasteiger partial charge on any atom is 0.170 e. The number of likely N-dealkylation sites (tertiary alicyclic amines) is 1.